The van der Waals surface area contributed by atoms with Crippen molar-refractivity contribution in [3.8, 4) is 0 Å². The van der Waals surface area contributed by atoms with Gasteiger partial charge in [-0.3, -0.25) is 0 Å². The Balaban J connectivity index is 2.66. The Morgan fingerprint density at radius 2 is 2.29 bits per heavy atom. The number of benzene rings is 1. The lowest BCUT2D eigenvalue weighted by Crippen LogP contribution is -2.07. The summed E-state index contributed by atoms with van der Waals surface area (Å²) in [6.07, 6.45) is 2.05. The minimum Gasteiger partial charge on any atom is -0.331 e. The summed E-state index contributed by atoms with van der Waals surface area (Å²) in [5, 5.41) is 0. The number of thioether (sulfide) groups is 1. The van der Waals surface area contributed by atoms with Crippen molar-refractivity contribution in [3.05, 3.63) is 26.3 Å². The molecule has 0 aliphatic rings. The minimum atomic E-state index is -0.197. The highest BCUT2D eigenvalue weighted by Gasteiger charge is 2.13. The second-order valence-corrected chi connectivity index (χ2v) is 6.35. The fourth-order valence-electron chi connectivity index (χ4n) is 1.87. The van der Waals surface area contributed by atoms with Crippen LogP contribution in [-0.4, -0.2) is 21.6 Å². The van der Waals surface area contributed by atoms with Gasteiger partial charge in [0.1, 0.15) is 5.82 Å². The summed E-state index contributed by atoms with van der Waals surface area (Å²) in [7, 11) is 0. The van der Waals surface area contributed by atoms with Crippen LogP contribution in [0.3, 0.4) is 0 Å². The number of nitrogens with one attached hydrogen (secondary N) is 1. The second kappa shape index (κ2) is 5.27. The first-order chi connectivity index (χ1) is 8.04. The van der Waals surface area contributed by atoms with Crippen molar-refractivity contribution in [1.82, 2.24) is 9.55 Å². The molecule has 1 N–H and O–H groups in total. The molecule has 0 fully saturated rings. The fraction of sp³-hybridized carbons (Fsp3) is 0.364. The summed E-state index contributed by atoms with van der Waals surface area (Å²) in [4.78, 5) is 3.13. The molecule has 1 heterocycles. The van der Waals surface area contributed by atoms with Crippen LogP contribution in [0.1, 0.15) is 13.0 Å². The van der Waals surface area contributed by atoms with Gasteiger partial charge in [-0.15, -0.1) is 0 Å². The lowest BCUT2D eigenvalue weighted by molar-refractivity contribution is 0.607. The van der Waals surface area contributed by atoms with Crippen molar-refractivity contribution in [3.63, 3.8) is 0 Å². The van der Waals surface area contributed by atoms with E-state index >= 15 is 0 Å². The summed E-state index contributed by atoms with van der Waals surface area (Å²) in [6, 6.07) is 3.61. The average molecular weight is 382 g/mol. The third-order valence-corrected chi connectivity index (χ3v) is 4.55. The summed E-state index contributed by atoms with van der Waals surface area (Å²) in [5.74, 6) is 0.756. The van der Waals surface area contributed by atoms with Crippen molar-refractivity contribution in [2.24, 2.45) is 0 Å². The van der Waals surface area contributed by atoms with Crippen molar-refractivity contribution >= 4 is 57.6 Å². The van der Waals surface area contributed by atoms with E-state index in [2.05, 4.69) is 18.2 Å². The molecule has 0 aliphatic carbocycles. The predicted octanol–water partition coefficient (Wildman–Crippen LogP) is 4.37. The number of aromatic nitrogens is 2. The molecule has 1 unspecified atom stereocenters. The molecule has 6 heteroatoms. The van der Waals surface area contributed by atoms with Gasteiger partial charge in [-0.25, -0.2) is 4.39 Å². The first kappa shape index (κ1) is 13.4. The molecule has 0 bridgehead atoms. The van der Waals surface area contributed by atoms with Crippen LogP contribution < -0.4 is 0 Å². The molecule has 1 aromatic carbocycles. The van der Waals surface area contributed by atoms with Crippen LogP contribution in [0.5, 0.6) is 0 Å². The predicted molar refractivity (Wildman–Crippen MR) is 82.9 cm³/mol. The van der Waals surface area contributed by atoms with E-state index < -0.39 is 0 Å². The molecule has 1 atom stereocenters. The van der Waals surface area contributed by atoms with Gasteiger partial charge < -0.3 is 9.55 Å². The fourth-order valence-corrected chi connectivity index (χ4v) is 3.36. The summed E-state index contributed by atoms with van der Waals surface area (Å²) < 4.78 is 16.9. The third kappa shape index (κ3) is 2.53. The maximum absolute atomic E-state index is 13.6. The monoisotopic (exact) mass is 382 g/mol. The van der Waals surface area contributed by atoms with Gasteiger partial charge in [0.05, 0.1) is 14.6 Å². The maximum atomic E-state index is 13.6. The molecule has 0 saturated heterocycles. The first-order valence-electron chi connectivity index (χ1n) is 5.12. The van der Waals surface area contributed by atoms with E-state index in [4.69, 9.17) is 12.2 Å². The molecule has 2 rings (SSSR count). The molecular formula is C11H12FIN2S2. The number of halogens is 2. The van der Waals surface area contributed by atoms with Crippen molar-refractivity contribution in [2.75, 3.05) is 12.0 Å². The van der Waals surface area contributed by atoms with E-state index in [1.54, 1.807) is 23.9 Å². The van der Waals surface area contributed by atoms with E-state index in [0.29, 0.717) is 8.34 Å². The lowest BCUT2D eigenvalue weighted by Gasteiger charge is -2.13. The molecule has 2 aromatic rings. The molecule has 0 radical (unpaired) electrons. The summed E-state index contributed by atoms with van der Waals surface area (Å²) in [6.45, 7) is 2.09. The molecule has 0 spiro atoms. The third-order valence-electron chi connectivity index (χ3n) is 2.61. The molecular weight excluding hydrogens is 370 g/mol. The molecule has 0 amide bonds. The smallest absolute Gasteiger partial charge is 0.178 e. The van der Waals surface area contributed by atoms with Crippen LogP contribution in [0, 0.1) is 14.2 Å². The highest BCUT2D eigenvalue weighted by molar-refractivity contribution is 14.1. The van der Waals surface area contributed by atoms with Crippen molar-refractivity contribution < 1.29 is 4.39 Å². The maximum Gasteiger partial charge on any atom is 0.178 e. The Bertz CT molecular complexity index is 605. The topological polar surface area (TPSA) is 20.7 Å². The zero-order valence-electron chi connectivity index (χ0n) is 9.46. The van der Waals surface area contributed by atoms with E-state index in [9.17, 15) is 4.39 Å². The SMILES string of the molecule is CSCC(C)n1c(=S)[nH]c2cc(I)c(F)cc21. The minimum absolute atomic E-state index is 0.197. The lowest BCUT2D eigenvalue weighted by atomic mass is 10.3. The standard InChI is InChI=1S/C11H12FIN2S2/c1-6(5-17-2)15-10-3-7(12)8(13)4-9(10)14-11(15)16/h3-4,6H,5H2,1-2H3,(H,14,16). The van der Waals surface area contributed by atoms with Gasteiger partial charge in [0.25, 0.3) is 0 Å². The first-order valence-corrected chi connectivity index (χ1v) is 8.01. The quantitative estimate of drug-likeness (QED) is 0.629. The highest BCUT2D eigenvalue weighted by atomic mass is 127. The van der Waals surface area contributed by atoms with Crippen LogP contribution in [0.25, 0.3) is 11.0 Å². The molecule has 1 aromatic heterocycles. The average Bonchev–Trinajstić information content (AvgIpc) is 2.55. The Morgan fingerprint density at radius 1 is 1.59 bits per heavy atom. The van der Waals surface area contributed by atoms with Gasteiger partial charge in [0, 0.05) is 17.9 Å². The summed E-state index contributed by atoms with van der Waals surface area (Å²) in [5.41, 5.74) is 1.74. The Morgan fingerprint density at radius 3 is 2.94 bits per heavy atom. The van der Waals surface area contributed by atoms with Gasteiger partial charge in [-0.1, -0.05) is 0 Å². The van der Waals surface area contributed by atoms with Crippen molar-refractivity contribution in [1.29, 1.82) is 0 Å². The van der Waals surface area contributed by atoms with Crippen LogP contribution in [0.2, 0.25) is 0 Å². The number of imidazole rings is 1. The van der Waals surface area contributed by atoms with Crippen molar-refractivity contribution in [2.45, 2.75) is 13.0 Å². The number of hydrogen-bond donors (Lipinski definition) is 1. The molecule has 17 heavy (non-hydrogen) atoms. The number of H-pyrrole nitrogens is 1. The van der Waals surface area contributed by atoms with Gasteiger partial charge >= 0.3 is 0 Å². The van der Waals surface area contributed by atoms with E-state index in [0.717, 1.165) is 16.8 Å². The van der Waals surface area contributed by atoms with Gasteiger partial charge in [-0.2, -0.15) is 11.8 Å². The van der Waals surface area contributed by atoms with Crippen LogP contribution in [0.15, 0.2) is 12.1 Å². The van der Waals surface area contributed by atoms with Gasteiger partial charge in [-0.05, 0) is 54.1 Å². The largest absolute Gasteiger partial charge is 0.331 e. The van der Waals surface area contributed by atoms with E-state index in [-0.39, 0.29) is 11.9 Å². The zero-order valence-corrected chi connectivity index (χ0v) is 13.2. The molecule has 0 saturated carbocycles. The second-order valence-electron chi connectivity index (χ2n) is 3.89. The molecule has 2 nitrogen and oxygen atoms in total. The number of nitrogens with zero attached hydrogens (tertiary/aromatic N) is 1. The molecule has 0 aliphatic heterocycles. The van der Waals surface area contributed by atoms with Gasteiger partial charge in [0.2, 0.25) is 0 Å². The Labute approximate surface area is 122 Å². The number of hydrogen-bond acceptors (Lipinski definition) is 2. The highest BCUT2D eigenvalue weighted by Crippen LogP contribution is 2.24. The number of aromatic amines is 1. The zero-order chi connectivity index (χ0) is 12.6. The van der Waals surface area contributed by atoms with Crippen LogP contribution in [0.4, 0.5) is 4.39 Å². The normalized spacial score (nSPS) is 13.2. The van der Waals surface area contributed by atoms with Gasteiger partial charge in [0.15, 0.2) is 4.77 Å². The number of fused-ring (bicyclic) bond motifs is 1. The van der Waals surface area contributed by atoms with Crippen LogP contribution >= 0.6 is 46.6 Å². The van der Waals surface area contributed by atoms with E-state index in [1.165, 1.54) is 0 Å². The van der Waals surface area contributed by atoms with Crippen LogP contribution in [-0.2, 0) is 0 Å². The van der Waals surface area contributed by atoms with E-state index in [1.807, 2.05) is 27.2 Å². The Kier molecular flexibility index (Phi) is 4.14. The molecule has 92 valence electrons. The number of rotatable bonds is 3. The Hall–Kier alpha value is -0.0800. The summed E-state index contributed by atoms with van der Waals surface area (Å²) >= 11 is 9.04.